The van der Waals surface area contributed by atoms with Crippen LogP contribution in [0, 0.1) is 19.8 Å². The van der Waals surface area contributed by atoms with Gasteiger partial charge in [0, 0.05) is 28.9 Å². The molecule has 0 saturated carbocycles. The highest BCUT2D eigenvalue weighted by Gasteiger charge is 2.17. The third-order valence-corrected chi connectivity index (χ3v) is 5.43. The topological polar surface area (TPSA) is 42.2 Å². The lowest BCUT2D eigenvalue weighted by atomic mass is 10.0. The molecule has 2 heterocycles. The minimum atomic E-state index is -0.292. The Bertz CT molecular complexity index is 894. The van der Waals surface area contributed by atoms with Crippen LogP contribution in [0.1, 0.15) is 41.5 Å². The number of thiophene rings is 1. The first-order valence-electron chi connectivity index (χ1n) is 8.26. The van der Waals surface area contributed by atoms with Crippen LogP contribution in [0.25, 0.3) is 11.0 Å². The Morgan fingerprint density at radius 1 is 1.17 bits per heavy atom. The Kier molecular flexibility index (Phi) is 4.88. The van der Waals surface area contributed by atoms with E-state index >= 15 is 0 Å². The molecular weight excluding hydrogens is 318 g/mol. The van der Waals surface area contributed by atoms with Gasteiger partial charge in [-0.15, -0.1) is 11.3 Å². The van der Waals surface area contributed by atoms with Crippen molar-refractivity contribution in [2.45, 2.75) is 40.3 Å². The van der Waals surface area contributed by atoms with E-state index in [9.17, 15) is 4.79 Å². The summed E-state index contributed by atoms with van der Waals surface area (Å²) in [5.74, 6) is 0.471. The van der Waals surface area contributed by atoms with Gasteiger partial charge in [0.2, 0.25) is 0 Å². The van der Waals surface area contributed by atoms with Gasteiger partial charge in [-0.05, 0) is 60.0 Å². The molecule has 2 aromatic heterocycles. The SMILES string of the molecule is Cc1cc2oc(=O)cc(CN[C@@H](c3cccs3)C(C)C)c2cc1C. The number of benzene rings is 1. The van der Waals surface area contributed by atoms with E-state index in [4.69, 9.17) is 4.42 Å². The normalized spacial score (nSPS) is 12.9. The summed E-state index contributed by atoms with van der Waals surface area (Å²) in [6.07, 6.45) is 0. The molecule has 3 nitrogen and oxygen atoms in total. The summed E-state index contributed by atoms with van der Waals surface area (Å²) < 4.78 is 5.38. The average molecular weight is 341 g/mol. The van der Waals surface area contributed by atoms with E-state index in [2.05, 4.69) is 49.7 Å². The second-order valence-electron chi connectivity index (χ2n) is 6.64. The lowest BCUT2D eigenvalue weighted by Crippen LogP contribution is -2.25. The highest BCUT2D eigenvalue weighted by molar-refractivity contribution is 7.10. The predicted octanol–water partition coefficient (Wildman–Crippen LogP) is 4.96. The van der Waals surface area contributed by atoms with Gasteiger partial charge in [0.05, 0.1) is 0 Å². The van der Waals surface area contributed by atoms with Crippen molar-refractivity contribution in [3.63, 3.8) is 0 Å². The van der Waals surface area contributed by atoms with Crippen molar-refractivity contribution in [2.24, 2.45) is 5.92 Å². The number of nitrogens with one attached hydrogen (secondary N) is 1. The van der Waals surface area contributed by atoms with Gasteiger partial charge in [-0.1, -0.05) is 19.9 Å². The first-order valence-corrected chi connectivity index (χ1v) is 9.14. The van der Waals surface area contributed by atoms with Crippen molar-refractivity contribution in [1.82, 2.24) is 5.32 Å². The lowest BCUT2D eigenvalue weighted by Gasteiger charge is -2.21. The van der Waals surface area contributed by atoms with E-state index in [0.717, 1.165) is 16.5 Å². The second-order valence-corrected chi connectivity index (χ2v) is 7.62. The highest BCUT2D eigenvalue weighted by atomic mass is 32.1. The number of hydrogen-bond acceptors (Lipinski definition) is 4. The van der Waals surface area contributed by atoms with Crippen LogP contribution in [0.3, 0.4) is 0 Å². The van der Waals surface area contributed by atoms with Crippen LogP contribution in [-0.4, -0.2) is 0 Å². The summed E-state index contributed by atoms with van der Waals surface area (Å²) >= 11 is 1.76. The van der Waals surface area contributed by atoms with E-state index in [1.54, 1.807) is 17.4 Å². The zero-order chi connectivity index (χ0) is 17.3. The van der Waals surface area contributed by atoms with Gasteiger partial charge >= 0.3 is 5.63 Å². The highest BCUT2D eigenvalue weighted by Crippen LogP contribution is 2.27. The van der Waals surface area contributed by atoms with Crippen molar-refractivity contribution >= 4 is 22.3 Å². The summed E-state index contributed by atoms with van der Waals surface area (Å²) in [6.45, 7) is 9.18. The molecule has 0 aliphatic rings. The van der Waals surface area contributed by atoms with Gasteiger partial charge in [-0.3, -0.25) is 0 Å². The molecule has 0 spiro atoms. The molecule has 4 heteroatoms. The number of rotatable bonds is 5. The van der Waals surface area contributed by atoms with Crippen LogP contribution in [0.5, 0.6) is 0 Å². The van der Waals surface area contributed by atoms with E-state index in [0.29, 0.717) is 18.0 Å². The van der Waals surface area contributed by atoms with Gasteiger partial charge in [0.25, 0.3) is 0 Å². The summed E-state index contributed by atoms with van der Waals surface area (Å²) in [4.78, 5) is 13.2. The Hall–Kier alpha value is -1.91. The molecule has 0 radical (unpaired) electrons. The fourth-order valence-electron chi connectivity index (χ4n) is 2.98. The van der Waals surface area contributed by atoms with Crippen molar-refractivity contribution < 1.29 is 4.42 Å². The molecule has 3 rings (SSSR count). The zero-order valence-electron chi connectivity index (χ0n) is 14.6. The molecule has 0 amide bonds. The monoisotopic (exact) mass is 341 g/mol. The lowest BCUT2D eigenvalue weighted by molar-refractivity contribution is 0.416. The molecular formula is C20H23NO2S. The Morgan fingerprint density at radius 3 is 2.58 bits per heavy atom. The van der Waals surface area contributed by atoms with Crippen LogP contribution >= 0.6 is 11.3 Å². The number of hydrogen-bond donors (Lipinski definition) is 1. The Morgan fingerprint density at radius 2 is 1.92 bits per heavy atom. The molecule has 1 N–H and O–H groups in total. The Balaban J connectivity index is 1.94. The zero-order valence-corrected chi connectivity index (χ0v) is 15.4. The third kappa shape index (κ3) is 3.45. The molecule has 1 atom stereocenters. The quantitative estimate of drug-likeness (QED) is 0.667. The third-order valence-electron chi connectivity index (χ3n) is 4.47. The molecule has 0 bridgehead atoms. The first-order chi connectivity index (χ1) is 11.5. The summed E-state index contributed by atoms with van der Waals surface area (Å²) in [7, 11) is 0. The molecule has 0 saturated heterocycles. The fraction of sp³-hybridized carbons (Fsp3) is 0.350. The van der Waals surface area contributed by atoms with Crippen LogP contribution in [0.4, 0.5) is 0 Å². The summed E-state index contributed by atoms with van der Waals surface area (Å²) in [6, 6.07) is 10.2. The largest absolute Gasteiger partial charge is 0.423 e. The maximum absolute atomic E-state index is 11.9. The summed E-state index contributed by atoms with van der Waals surface area (Å²) in [5.41, 5.74) is 3.71. The van der Waals surface area contributed by atoms with Crippen molar-refractivity contribution in [1.29, 1.82) is 0 Å². The molecule has 3 aromatic rings. The molecule has 0 unspecified atom stereocenters. The van der Waals surface area contributed by atoms with E-state index in [1.165, 1.54) is 10.4 Å². The predicted molar refractivity (Wildman–Crippen MR) is 101 cm³/mol. The van der Waals surface area contributed by atoms with Crippen LogP contribution in [0.2, 0.25) is 0 Å². The van der Waals surface area contributed by atoms with Crippen molar-refractivity contribution in [3.8, 4) is 0 Å². The molecule has 1 aromatic carbocycles. The van der Waals surface area contributed by atoms with Gasteiger partial charge in [-0.2, -0.15) is 0 Å². The number of fused-ring (bicyclic) bond motifs is 1. The first kappa shape index (κ1) is 16.9. The summed E-state index contributed by atoms with van der Waals surface area (Å²) in [5, 5.41) is 6.74. The number of aryl methyl sites for hydroxylation is 2. The maximum Gasteiger partial charge on any atom is 0.336 e. The van der Waals surface area contributed by atoms with Crippen molar-refractivity contribution in [3.05, 3.63) is 67.7 Å². The van der Waals surface area contributed by atoms with E-state index in [-0.39, 0.29) is 11.7 Å². The van der Waals surface area contributed by atoms with Gasteiger partial charge < -0.3 is 9.73 Å². The molecule has 126 valence electrons. The fourth-order valence-corrected chi connectivity index (χ4v) is 3.96. The van der Waals surface area contributed by atoms with E-state index in [1.807, 2.05) is 13.0 Å². The van der Waals surface area contributed by atoms with E-state index < -0.39 is 0 Å². The maximum atomic E-state index is 11.9. The van der Waals surface area contributed by atoms with Gasteiger partial charge in [0.15, 0.2) is 0 Å². The Labute approximate surface area is 146 Å². The molecule has 0 aliphatic carbocycles. The van der Waals surface area contributed by atoms with Crippen LogP contribution < -0.4 is 10.9 Å². The van der Waals surface area contributed by atoms with Gasteiger partial charge in [0.1, 0.15) is 5.58 Å². The van der Waals surface area contributed by atoms with Crippen molar-refractivity contribution in [2.75, 3.05) is 0 Å². The second kappa shape index (κ2) is 6.91. The minimum Gasteiger partial charge on any atom is -0.423 e. The van der Waals surface area contributed by atoms with Crippen LogP contribution in [-0.2, 0) is 6.54 Å². The van der Waals surface area contributed by atoms with Crippen LogP contribution in [0.15, 0.2) is 44.9 Å². The molecule has 24 heavy (non-hydrogen) atoms. The molecule has 0 fully saturated rings. The smallest absolute Gasteiger partial charge is 0.336 e. The molecule has 0 aliphatic heterocycles. The van der Waals surface area contributed by atoms with Gasteiger partial charge in [-0.25, -0.2) is 4.79 Å². The minimum absolute atomic E-state index is 0.277. The standard InChI is InChI=1S/C20H23NO2S/c1-12(2)20(18-6-5-7-24-18)21-11-15-10-19(22)23-17-9-14(4)13(3)8-16(15)17/h5-10,12,20-21H,11H2,1-4H3/t20-/m1/s1. The average Bonchev–Trinajstić information content (AvgIpc) is 3.03.